The predicted molar refractivity (Wildman–Crippen MR) is 183 cm³/mol. The molecule has 0 aliphatic carbocycles. The van der Waals surface area contributed by atoms with Crippen LogP contribution in [-0.2, 0) is 36.9 Å². The summed E-state index contributed by atoms with van der Waals surface area (Å²) < 4.78 is 0. The summed E-state index contributed by atoms with van der Waals surface area (Å²) in [4.78, 5) is 14.7. The number of aliphatic hydroxyl groups excluding tert-OH is 1. The van der Waals surface area contributed by atoms with Crippen molar-refractivity contribution in [1.82, 2.24) is 0 Å². The minimum absolute atomic E-state index is 0.251. The maximum Gasteiger partial charge on any atom is 0.172 e. The van der Waals surface area contributed by atoms with E-state index in [0.29, 0.717) is 27.8 Å². The van der Waals surface area contributed by atoms with E-state index in [1.54, 1.807) is 140 Å². The second-order valence-electron chi connectivity index (χ2n) is 12.5. The Morgan fingerprint density at radius 2 is 0.745 bits per heavy atom. The van der Waals surface area contributed by atoms with Crippen LogP contribution in [0.25, 0.3) is 0 Å². The van der Waals surface area contributed by atoms with Gasteiger partial charge in [-0.05, 0) is 27.8 Å². The molecule has 0 aliphatic rings. The molecule has 0 heterocycles. The van der Waals surface area contributed by atoms with E-state index in [9.17, 15) is 30.3 Å². The lowest BCUT2D eigenvalue weighted by Gasteiger charge is -2.57. The summed E-state index contributed by atoms with van der Waals surface area (Å²) in [6.07, 6.45) is -1.71. The highest BCUT2D eigenvalue weighted by Gasteiger charge is 2.70. The van der Waals surface area contributed by atoms with Crippen molar-refractivity contribution < 1.29 is 30.3 Å². The number of Topliss-reactive ketones (excluding diaryl/α,β-unsaturated/α-hetero) is 1. The number of hydrogen-bond acceptors (Lipinski definition) is 6. The van der Waals surface area contributed by atoms with Crippen LogP contribution < -0.4 is 0 Å². The highest BCUT2D eigenvalue weighted by atomic mass is 16.4. The van der Waals surface area contributed by atoms with E-state index >= 15 is 0 Å². The van der Waals surface area contributed by atoms with E-state index in [0.717, 1.165) is 0 Å². The van der Waals surface area contributed by atoms with E-state index < -0.39 is 47.6 Å². The normalized spacial score (nSPS) is 16.6. The average Bonchev–Trinajstić information content (AvgIpc) is 3.10. The van der Waals surface area contributed by atoms with Crippen LogP contribution in [0, 0.1) is 0 Å². The third-order valence-corrected chi connectivity index (χ3v) is 9.32. The largest absolute Gasteiger partial charge is 0.393 e. The van der Waals surface area contributed by atoms with Crippen LogP contribution in [0.3, 0.4) is 0 Å². The SMILES string of the molecule is O=C(Cc1ccccc1)[C@](O)(Cc1ccccc1)[C@](O)(Cc1ccccc1)[C@@](O)(Cc1ccccc1)[C@](O)(CO)Cc1ccccc1. The van der Waals surface area contributed by atoms with Crippen molar-refractivity contribution in [2.75, 3.05) is 6.61 Å². The van der Waals surface area contributed by atoms with Crippen LogP contribution in [-0.4, -0.2) is 60.3 Å². The molecule has 5 rings (SSSR count). The molecule has 0 radical (unpaired) electrons. The molecule has 0 bridgehead atoms. The number of aliphatic hydroxyl groups is 5. The topological polar surface area (TPSA) is 118 Å². The smallest absolute Gasteiger partial charge is 0.172 e. The summed E-state index contributed by atoms with van der Waals surface area (Å²) in [5.41, 5.74) is -7.78. The molecular weight excluding hydrogens is 588 g/mol. The number of rotatable bonds is 15. The van der Waals surface area contributed by atoms with E-state index in [-0.39, 0.29) is 19.3 Å². The number of hydrogen-bond donors (Lipinski definition) is 5. The molecule has 5 aromatic rings. The predicted octanol–water partition coefficient (Wildman–Crippen LogP) is 4.69. The highest BCUT2D eigenvalue weighted by Crippen LogP contribution is 2.48. The maximum absolute atomic E-state index is 14.7. The second kappa shape index (κ2) is 14.6. The molecule has 5 N–H and O–H groups in total. The molecule has 4 atom stereocenters. The third-order valence-electron chi connectivity index (χ3n) is 9.32. The summed E-state index contributed by atoms with van der Waals surface area (Å²) in [5, 5.41) is 63.4. The number of carbonyl (C=O) groups excluding carboxylic acids is 1. The zero-order valence-corrected chi connectivity index (χ0v) is 26.3. The summed E-state index contributed by atoms with van der Waals surface area (Å²) in [7, 11) is 0. The molecule has 47 heavy (non-hydrogen) atoms. The molecule has 242 valence electrons. The van der Waals surface area contributed by atoms with Gasteiger partial charge >= 0.3 is 0 Å². The molecule has 0 saturated carbocycles. The summed E-state index contributed by atoms with van der Waals surface area (Å²) in [5.74, 6) is -0.738. The molecule has 0 fully saturated rings. The van der Waals surface area contributed by atoms with Crippen LogP contribution in [0.2, 0.25) is 0 Å². The van der Waals surface area contributed by atoms with E-state index in [1.165, 1.54) is 0 Å². The Balaban J connectivity index is 1.79. The van der Waals surface area contributed by atoms with Crippen LogP contribution in [0.1, 0.15) is 27.8 Å². The van der Waals surface area contributed by atoms with Gasteiger partial charge in [0.15, 0.2) is 11.4 Å². The molecule has 6 nitrogen and oxygen atoms in total. The van der Waals surface area contributed by atoms with Gasteiger partial charge in [-0.3, -0.25) is 4.79 Å². The number of carbonyl (C=O) groups is 1. The van der Waals surface area contributed by atoms with Gasteiger partial charge in [0.1, 0.15) is 16.8 Å². The standard InChI is InChI=1S/C41H42O6/c42-31-38(44,27-33-18-8-2-9-19-33)40(46,29-35-22-12-4-13-23-35)41(47,30-36-24-14-5-15-25-36)39(45,28-34-20-10-3-11-21-34)37(43)26-32-16-6-1-7-17-32/h1-25,42,44-47H,26-31H2/t38-,39-,40-,41-/m1/s1. The lowest BCUT2D eigenvalue weighted by molar-refractivity contribution is -0.299. The van der Waals surface area contributed by atoms with Crippen molar-refractivity contribution in [2.45, 2.75) is 54.5 Å². The van der Waals surface area contributed by atoms with Crippen molar-refractivity contribution in [2.24, 2.45) is 0 Å². The first-order valence-corrected chi connectivity index (χ1v) is 15.9. The molecule has 0 aromatic heterocycles. The second-order valence-corrected chi connectivity index (χ2v) is 12.5. The van der Waals surface area contributed by atoms with Crippen LogP contribution in [0.15, 0.2) is 152 Å². The Morgan fingerprint density at radius 3 is 1.13 bits per heavy atom. The Morgan fingerprint density at radius 1 is 0.426 bits per heavy atom. The highest BCUT2D eigenvalue weighted by molar-refractivity contribution is 5.91. The van der Waals surface area contributed by atoms with Gasteiger partial charge in [0.2, 0.25) is 0 Å². The Kier molecular flexibility index (Phi) is 10.5. The molecule has 0 amide bonds. The minimum atomic E-state index is -2.76. The monoisotopic (exact) mass is 630 g/mol. The first-order valence-electron chi connectivity index (χ1n) is 15.9. The summed E-state index contributed by atoms with van der Waals surface area (Å²) in [6.45, 7) is -0.976. The molecule has 0 spiro atoms. The Hall–Kier alpha value is -4.43. The van der Waals surface area contributed by atoms with Crippen molar-refractivity contribution in [3.63, 3.8) is 0 Å². The molecule has 6 heteroatoms. The number of ketones is 1. The minimum Gasteiger partial charge on any atom is -0.393 e. The van der Waals surface area contributed by atoms with Crippen molar-refractivity contribution in [1.29, 1.82) is 0 Å². The molecule has 5 aromatic carbocycles. The first-order chi connectivity index (χ1) is 22.6. The maximum atomic E-state index is 14.7. The van der Waals surface area contributed by atoms with Crippen molar-refractivity contribution >= 4 is 5.78 Å². The zero-order valence-electron chi connectivity index (χ0n) is 26.3. The van der Waals surface area contributed by atoms with Gasteiger partial charge in [-0.2, -0.15) is 0 Å². The van der Waals surface area contributed by atoms with Gasteiger partial charge in [0, 0.05) is 32.1 Å². The van der Waals surface area contributed by atoms with E-state index in [2.05, 4.69) is 0 Å². The lowest BCUT2D eigenvalue weighted by atomic mass is 9.56. The van der Waals surface area contributed by atoms with E-state index in [1.807, 2.05) is 12.1 Å². The Bertz CT molecular complexity index is 1700. The third kappa shape index (κ3) is 7.13. The van der Waals surface area contributed by atoms with Crippen LogP contribution >= 0.6 is 0 Å². The van der Waals surface area contributed by atoms with E-state index in [4.69, 9.17) is 0 Å². The van der Waals surface area contributed by atoms with Crippen LogP contribution in [0.4, 0.5) is 0 Å². The fourth-order valence-corrected chi connectivity index (χ4v) is 6.67. The van der Waals surface area contributed by atoms with Crippen LogP contribution in [0.5, 0.6) is 0 Å². The number of benzene rings is 5. The first kappa shape index (κ1) is 33.9. The molecule has 0 unspecified atom stereocenters. The summed E-state index contributed by atoms with van der Waals surface area (Å²) in [6, 6.07) is 44.1. The van der Waals surface area contributed by atoms with Gasteiger partial charge < -0.3 is 25.5 Å². The van der Waals surface area contributed by atoms with Gasteiger partial charge in [0.25, 0.3) is 0 Å². The summed E-state index contributed by atoms with van der Waals surface area (Å²) >= 11 is 0. The van der Waals surface area contributed by atoms with Gasteiger partial charge in [-0.1, -0.05) is 152 Å². The zero-order chi connectivity index (χ0) is 33.4. The average molecular weight is 631 g/mol. The van der Waals surface area contributed by atoms with Crippen molar-refractivity contribution in [3.8, 4) is 0 Å². The van der Waals surface area contributed by atoms with Gasteiger partial charge in [-0.25, -0.2) is 0 Å². The van der Waals surface area contributed by atoms with Gasteiger partial charge in [0.05, 0.1) is 6.61 Å². The Labute approximate surface area is 276 Å². The van der Waals surface area contributed by atoms with Gasteiger partial charge in [-0.15, -0.1) is 0 Å². The quantitative estimate of drug-likeness (QED) is 0.115. The fourth-order valence-electron chi connectivity index (χ4n) is 6.67. The van der Waals surface area contributed by atoms with Crippen molar-refractivity contribution in [3.05, 3.63) is 179 Å². The molecule has 0 aliphatic heterocycles. The molecule has 0 saturated heterocycles. The fraction of sp³-hybridized carbons (Fsp3) is 0.244. The molecular formula is C41H42O6. The lowest BCUT2D eigenvalue weighted by Crippen LogP contribution is -2.80.